The van der Waals surface area contributed by atoms with Crippen LogP contribution in [0.5, 0.6) is 0 Å². The molecule has 15 heavy (non-hydrogen) atoms. The van der Waals surface area contributed by atoms with Crippen LogP contribution in [0.4, 0.5) is 5.69 Å². The normalized spacial score (nSPS) is 14.6. The van der Waals surface area contributed by atoms with Gasteiger partial charge in [0.25, 0.3) is 0 Å². The molecule has 1 aromatic carbocycles. The summed E-state index contributed by atoms with van der Waals surface area (Å²) in [6.45, 7) is 5.08. The van der Waals surface area contributed by atoms with Gasteiger partial charge in [-0.2, -0.15) is 0 Å². The van der Waals surface area contributed by atoms with E-state index in [2.05, 4.69) is 31.3 Å². The van der Waals surface area contributed by atoms with Crippen LogP contribution in [0, 0.1) is 0 Å². The van der Waals surface area contributed by atoms with Crippen LogP contribution in [0.25, 0.3) is 0 Å². The SMILES string of the molecule is CCCC(CC)(CN)Nc1ccccc1. The van der Waals surface area contributed by atoms with Gasteiger partial charge in [0.15, 0.2) is 0 Å². The second-order valence-electron chi connectivity index (χ2n) is 4.08. The maximum absolute atomic E-state index is 5.89. The number of benzene rings is 1. The third kappa shape index (κ3) is 3.24. The summed E-state index contributed by atoms with van der Waals surface area (Å²) in [5.74, 6) is 0. The molecule has 0 radical (unpaired) electrons. The summed E-state index contributed by atoms with van der Waals surface area (Å²) in [7, 11) is 0. The lowest BCUT2D eigenvalue weighted by Crippen LogP contribution is -2.44. The molecule has 84 valence electrons. The van der Waals surface area contributed by atoms with Crippen molar-refractivity contribution < 1.29 is 0 Å². The fourth-order valence-corrected chi connectivity index (χ4v) is 1.93. The first-order valence-corrected chi connectivity index (χ1v) is 5.79. The lowest BCUT2D eigenvalue weighted by molar-refractivity contribution is 0.422. The Morgan fingerprint density at radius 2 is 1.87 bits per heavy atom. The second kappa shape index (κ2) is 5.76. The lowest BCUT2D eigenvalue weighted by Gasteiger charge is -2.33. The molecule has 0 aliphatic rings. The van der Waals surface area contributed by atoms with Crippen molar-refractivity contribution in [1.29, 1.82) is 0 Å². The van der Waals surface area contributed by atoms with Crippen molar-refractivity contribution >= 4 is 5.69 Å². The van der Waals surface area contributed by atoms with E-state index in [1.807, 2.05) is 18.2 Å². The van der Waals surface area contributed by atoms with E-state index < -0.39 is 0 Å². The Bertz CT molecular complexity index is 265. The molecule has 0 aromatic heterocycles. The van der Waals surface area contributed by atoms with Crippen molar-refractivity contribution in [2.24, 2.45) is 5.73 Å². The minimum absolute atomic E-state index is 0.0656. The summed E-state index contributed by atoms with van der Waals surface area (Å²) in [4.78, 5) is 0. The number of hydrogen-bond donors (Lipinski definition) is 2. The first kappa shape index (κ1) is 12.1. The van der Waals surface area contributed by atoms with Gasteiger partial charge < -0.3 is 11.1 Å². The van der Waals surface area contributed by atoms with Crippen LogP contribution < -0.4 is 11.1 Å². The molecule has 1 atom stereocenters. The van der Waals surface area contributed by atoms with E-state index in [1.54, 1.807) is 0 Å². The highest BCUT2D eigenvalue weighted by molar-refractivity contribution is 5.45. The molecule has 0 aliphatic heterocycles. The molecule has 0 bridgehead atoms. The predicted molar refractivity (Wildman–Crippen MR) is 67.0 cm³/mol. The summed E-state index contributed by atoms with van der Waals surface area (Å²) >= 11 is 0. The molecule has 1 rings (SSSR count). The topological polar surface area (TPSA) is 38.0 Å². The smallest absolute Gasteiger partial charge is 0.0493 e. The maximum Gasteiger partial charge on any atom is 0.0493 e. The zero-order valence-electron chi connectivity index (χ0n) is 9.79. The van der Waals surface area contributed by atoms with E-state index in [-0.39, 0.29) is 5.54 Å². The molecule has 0 heterocycles. The molecular weight excluding hydrogens is 184 g/mol. The summed E-state index contributed by atoms with van der Waals surface area (Å²) < 4.78 is 0. The Labute approximate surface area is 92.9 Å². The second-order valence-corrected chi connectivity index (χ2v) is 4.08. The summed E-state index contributed by atoms with van der Waals surface area (Å²) in [5.41, 5.74) is 7.12. The number of anilines is 1. The number of para-hydroxylation sites is 1. The molecule has 0 spiro atoms. The van der Waals surface area contributed by atoms with Gasteiger partial charge in [-0.1, -0.05) is 38.5 Å². The van der Waals surface area contributed by atoms with Crippen LogP contribution in [0.15, 0.2) is 30.3 Å². The Morgan fingerprint density at radius 1 is 1.20 bits per heavy atom. The van der Waals surface area contributed by atoms with Crippen LogP contribution >= 0.6 is 0 Å². The first-order chi connectivity index (χ1) is 7.26. The predicted octanol–water partition coefficient (Wildman–Crippen LogP) is 3.01. The van der Waals surface area contributed by atoms with Crippen molar-refractivity contribution in [2.75, 3.05) is 11.9 Å². The fourth-order valence-electron chi connectivity index (χ4n) is 1.93. The van der Waals surface area contributed by atoms with Crippen molar-refractivity contribution in [3.63, 3.8) is 0 Å². The summed E-state index contributed by atoms with van der Waals surface area (Å²) in [6, 6.07) is 10.3. The number of nitrogens with one attached hydrogen (secondary N) is 1. The van der Waals surface area contributed by atoms with Crippen LogP contribution in [-0.2, 0) is 0 Å². The Balaban J connectivity index is 2.74. The largest absolute Gasteiger partial charge is 0.378 e. The molecule has 0 amide bonds. The van der Waals surface area contributed by atoms with E-state index in [4.69, 9.17) is 5.73 Å². The average molecular weight is 206 g/mol. The molecule has 0 saturated carbocycles. The van der Waals surface area contributed by atoms with Gasteiger partial charge in [-0.3, -0.25) is 0 Å². The number of hydrogen-bond acceptors (Lipinski definition) is 2. The van der Waals surface area contributed by atoms with Gasteiger partial charge >= 0.3 is 0 Å². The fraction of sp³-hybridized carbons (Fsp3) is 0.538. The minimum atomic E-state index is 0.0656. The molecule has 3 N–H and O–H groups in total. The highest BCUT2D eigenvalue weighted by Crippen LogP contribution is 2.22. The van der Waals surface area contributed by atoms with Gasteiger partial charge in [-0.15, -0.1) is 0 Å². The summed E-state index contributed by atoms with van der Waals surface area (Å²) in [5, 5.41) is 3.57. The maximum atomic E-state index is 5.89. The zero-order chi connectivity index (χ0) is 11.1. The molecule has 0 fully saturated rings. The Kier molecular flexibility index (Phi) is 4.63. The molecule has 1 unspecified atom stereocenters. The lowest BCUT2D eigenvalue weighted by atomic mass is 9.90. The Morgan fingerprint density at radius 3 is 2.33 bits per heavy atom. The van der Waals surface area contributed by atoms with Crippen LogP contribution in [-0.4, -0.2) is 12.1 Å². The van der Waals surface area contributed by atoms with Gasteiger partial charge in [0.1, 0.15) is 0 Å². The highest BCUT2D eigenvalue weighted by atomic mass is 15.0. The monoisotopic (exact) mass is 206 g/mol. The molecular formula is C13H22N2. The van der Waals surface area contributed by atoms with Crippen molar-refractivity contribution in [1.82, 2.24) is 0 Å². The third-order valence-corrected chi connectivity index (χ3v) is 2.98. The molecule has 0 saturated heterocycles. The van der Waals surface area contributed by atoms with Crippen LogP contribution in [0.3, 0.4) is 0 Å². The van der Waals surface area contributed by atoms with E-state index in [0.717, 1.165) is 19.3 Å². The highest BCUT2D eigenvalue weighted by Gasteiger charge is 2.24. The number of nitrogens with two attached hydrogens (primary N) is 1. The number of rotatable bonds is 6. The van der Waals surface area contributed by atoms with Crippen LogP contribution in [0.2, 0.25) is 0 Å². The standard InChI is InChI=1S/C13H22N2/c1-3-10-13(4-2,11-14)15-12-8-6-5-7-9-12/h5-9,15H,3-4,10-11,14H2,1-2H3. The van der Waals surface area contributed by atoms with Gasteiger partial charge in [-0.05, 0) is 25.0 Å². The first-order valence-electron chi connectivity index (χ1n) is 5.79. The van der Waals surface area contributed by atoms with Gasteiger partial charge in [-0.25, -0.2) is 0 Å². The Hall–Kier alpha value is -1.02. The quantitative estimate of drug-likeness (QED) is 0.751. The van der Waals surface area contributed by atoms with Crippen LogP contribution in [0.1, 0.15) is 33.1 Å². The average Bonchev–Trinajstić information content (AvgIpc) is 2.30. The molecule has 2 heteroatoms. The zero-order valence-corrected chi connectivity index (χ0v) is 9.79. The van der Waals surface area contributed by atoms with Gasteiger partial charge in [0.05, 0.1) is 0 Å². The molecule has 1 aromatic rings. The van der Waals surface area contributed by atoms with E-state index in [0.29, 0.717) is 6.54 Å². The third-order valence-electron chi connectivity index (χ3n) is 2.98. The van der Waals surface area contributed by atoms with E-state index in [9.17, 15) is 0 Å². The van der Waals surface area contributed by atoms with Gasteiger partial charge in [0, 0.05) is 17.8 Å². The van der Waals surface area contributed by atoms with E-state index >= 15 is 0 Å². The molecule has 0 aliphatic carbocycles. The minimum Gasteiger partial charge on any atom is -0.378 e. The molecule has 2 nitrogen and oxygen atoms in total. The van der Waals surface area contributed by atoms with Crippen molar-refractivity contribution in [3.05, 3.63) is 30.3 Å². The summed E-state index contributed by atoms with van der Waals surface area (Å²) in [6.07, 6.45) is 3.34. The van der Waals surface area contributed by atoms with Gasteiger partial charge in [0.2, 0.25) is 0 Å². The van der Waals surface area contributed by atoms with Crippen molar-refractivity contribution in [2.45, 2.75) is 38.6 Å². The van der Waals surface area contributed by atoms with E-state index in [1.165, 1.54) is 5.69 Å². The van der Waals surface area contributed by atoms with Crippen molar-refractivity contribution in [3.8, 4) is 0 Å².